The summed E-state index contributed by atoms with van der Waals surface area (Å²) in [5, 5.41) is 4.92. The van der Waals surface area contributed by atoms with Crippen molar-refractivity contribution in [3.63, 3.8) is 0 Å². The zero-order valence-corrected chi connectivity index (χ0v) is 12.9. The van der Waals surface area contributed by atoms with Gasteiger partial charge in [-0.05, 0) is 25.2 Å². The summed E-state index contributed by atoms with van der Waals surface area (Å²) in [6.07, 6.45) is 5.03. The van der Waals surface area contributed by atoms with Crippen molar-refractivity contribution in [2.24, 2.45) is 5.92 Å². The molecule has 2 nitrogen and oxygen atoms in total. The van der Waals surface area contributed by atoms with Crippen LogP contribution in [0.25, 0.3) is 0 Å². The van der Waals surface area contributed by atoms with Gasteiger partial charge in [0.25, 0.3) is 0 Å². The first-order chi connectivity index (χ1) is 8.56. The van der Waals surface area contributed by atoms with Gasteiger partial charge < -0.3 is 5.32 Å². The molecule has 1 atom stereocenters. The van der Waals surface area contributed by atoms with E-state index in [-0.39, 0.29) is 0 Å². The van der Waals surface area contributed by atoms with Crippen LogP contribution in [0.15, 0.2) is 0 Å². The summed E-state index contributed by atoms with van der Waals surface area (Å²) in [7, 11) is 0. The predicted octanol–water partition coefficient (Wildman–Crippen LogP) is 3.76. The largest absolute Gasteiger partial charge is 0.314 e. The second kappa shape index (κ2) is 6.16. The molecule has 3 heteroatoms. The van der Waals surface area contributed by atoms with Crippen molar-refractivity contribution in [2.75, 3.05) is 6.54 Å². The van der Waals surface area contributed by atoms with Crippen molar-refractivity contribution in [3.05, 3.63) is 15.6 Å². The molecule has 0 aromatic carbocycles. The molecule has 1 aliphatic carbocycles. The van der Waals surface area contributed by atoms with Crippen molar-refractivity contribution in [2.45, 2.75) is 65.3 Å². The molecule has 2 rings (SSSR count). The summed E-state index contributed by atoms with van der Waals surface area (Å²) in [6.45, 7) is 10.1. The first-order valence-electron chi connectivity index (χ1n) is 7.28. The summed E-state index contributed by atoms with van der Waals surface area (Å²) in [4.78, 5) is 6.49. The molecule has 0 radical (unpaired) electrons. The van der Waals surface area contributed by atoms with Gasteiger partial charge >= 0.3 is 0 Å². The Balaban J connectivity index is 2.08. The van der Waals surface area contributed by atoms with E-state index in [1.807, 2.05) is 11.3 Å². The lowest BCUT2D eigenvalue weighted by molar-refractivity contribution is 0.473. The third-order valence-electron chi connectivity index (χ3n) is 3.47. The van der Waals surface area contributed by atoms with E-state index in [4.69, 9.17) is 4.98 Å². The zero-order chi connectivity index (χ0) is 13.1. The zero-order valence-electron chi connectivity index (χ0n) is 12.1. The molecule has 0 fully saturated rings. The Labute approximate surface area is 115 Å². The molecule has 1 aromatic rings. The maximum absolute atomic E-state index is 4.93. The van der Waals surface area contributed by atoms with E-state index in [9.17, 15) is 0 Å². The van der Waals surface area contributed by atoms with E-state index in [2.05, 4.69) is 33.0 Å². The average molecular weight is 266 g/mol. The minimum absolute atomic E-state index is 0.573. The van der Waals surface area contributed by atoms with Gasteiger partial charge in [0, 0.05) is 29.8 Å². The van der Waals surface area contributed by atoms with E-state index in [1.54, 1.807) is 4.88 Å². The number of hydrogen-bond acceptors (Lipinski definition) is 3. The maximum atomic E-state index is 4.93. The van der Waals surface area contributed by atoms with Crippen LogP contribution in [0.2, 0.25) is 0 Å². The standard InChI is InChI=1S/C15H26N2S/c1-10(2)8-14-17-15-12(9-16-11(3)4)6-5-7-13(15)18-14/h10-12,16H,5-9H2,1-4H3. The molecule has 1 N–H and O–H groups in total. The van der Waals surface area contributed by atoms with E-state index < -0.39 is 0 Å². The van der Waals surface area contributed by atoms with Gasteiger partial charge in [-0.2, -0.15) is 0 Å². The highest BCUT2D eigenvalue weighted by Gasteiger charge is 2.24. The SMILES string of the molecule is CC(C)Cc1nc2c(s1)CCCC2CNC(C)C. The molecular weight excluding hydrogens is 240 g/mol. The Morgan fingerprint density at radius 2 is 2.11 bits per heavy atom. The normalized spacial score (nSPS) is 19.6. The Morgan fingerprint density at radius 3 is 2.78 bits per heavy atom. The number of rotatable bonds is 5. The Kier molecular flexibility index (Phi) is 4.79. The summed E-state index contributed by atoms with van der Waals surface area (Å²) in [5.74, 6) is 1.36. The second-order valence-electron chi connectivity index (χ2n) is 6.17. The van der Waals surface area contributed by atoms with E-state index >= 15 is 0 Å². The van der Waals surface area contributed by atoms with Gasteiger partial charge in [-0.15, -0.1) is 11.3 Å². The molecule has 1 heterocycles. The van der Waals surface area contributed by atoms with Crippen LogP contribution in [0.1, 0.15) is 62.0 Å². The van der Waals surface area contributed by atoms with E-state index in [1.165, 1.54) is 30.0 Å². The predicted molar refractivity (Wildman–Crippen MR) is 79.5 cm³/mol. The number of fused-ring (bicyclic) bond motifs is 1. The number of aromatic nitrogens is 1. The lowest BCUT2D eigenvalue weighted by Crippen LogP contribution is -2.29. The molecule has 18 heavy (non-hydrogen) atoms. The molecule has 0 aliphatic heterocycles. The van der Waals surface area contributed by atoms with Gasteiger partial charge in [0.05, 0.1) is 10.7 Å². The number of nitrogens with one attached hydrogen (secondary N) is 1. The Bertz CT molecular complexity index is 382. The minimum atomic E-state index is 0.573. The molecule has 1 aliphatic rings. The van der Waals surface area contributed by atoms with Gasteiger partial charge in [-0.25, -0.2) is 4.98 Å². The molecule has 0 saturated carbocycles. The molecule has 1 aromatic heterocycles. The third kappa shape index (κ3) is 3.55. The monoisotopic (exact) mass is 266 g/mol. The van der Waals surface area contributed by atoms with Crippen molar-refractivity contribution >= 4 is 11.3 Å². The molecule has 0 bridgehead atoms. The number of hydrogen-bond donors (Lipinski definition) is 1. The molecule has 0 saturated heterocycles. The highest BCUT2D eigenvalue weighted by molar-refractivity contribution is 7.11. The van der Waals surface area contributed by atoms with Crippen LogP contribution >= 0.6 is 11.3 Å². The fourth-order valence-electron chi connectivity index (χ4n) is 2.57. The summed E-state index contributed by atoms with van der Waals surface area (Å²) < 4.78 is 0. The Morgan fingerprint density at radius 1 is 1.33 bits per heavy atom. The van der Waals surface area contributed by atoms with Crippen LogP contribution in [0.4, 0.5) is 0 Å². The Hall–Kier alpha value is -0.410. The van der Waals surface area contributed by atoms with Crippen LogP contribution in [-0.2, 0) is 12.8 Å². The summed E-state index contributed by atoms with van der Waals surface area (Å²) in [6, 6.07) is 0.573. The van der Waals surface area contributed by atoms with Crippen LogP contribution < -0.4 is 5.32 Å². The number of aryl methyl sites for hydroxylation is 1. The van der Waals surface area contributed by atoms with Gasteiger partial charge in [0.15, 0.2) is 0 Å². The van der Waals surface area contributed by atoms with Crippen LogP contribution in [-0.4, -0.2) is 17.6 Å². The summed E-state index contributed by atoms with van der Waals surface area (Å²) >= 11 is 1.96. The average Bonchev–Trinajstić information content (AvgIpc) is 2.67. The first kappa shape index (κ1) is 14.0. The van der Waals surface area contributed by atoms with Crippen molar-refractivity contribution in [1.82, 2.24) is 10.3 Å². The van der Waals surface area contributed by atoms with Gasteiger partial charge in [0.2, 0.25) is 0 Å². The van der Waals surface area contributed by atoms with Crippen LogP contribution in [0.3, 0.4) is 0 Å². The fraction of sp³-hybridized carbons (Fsp3) is 0.800. The summed E-state index contributed by atoms with van der Waals surface area (Å²) in [5.41, 5.74) is 1.41. The van der Waals surface area contributed by atoms with Crippen molar-refractivity contribution in [3.8, 4) is 0 Å². The lowest BCUT2D eigenvalue weighted by atomic mass is 9.91. The van der Waals surface area contributed by atoms with Crippen LogP contribution in [0.5, 0.6) is 0 Å². The molecule has 102 valence electrons. The number of thiazole rings is 1. The first-order valence-corrected chi connectivity index (χ1v) is 8.09. The molecule has 0 spiro atoms. The highest BCUT2D eigenvalue weighted by atomic mass is 32.1. The quantitative estimate of drug-likeness (QED) is 0.878. The smallest absolute Gasteiger partial charge is 0.0933 e. The molecular formula is C15H26N2S. The van der Waals surface area contributed by atoms with Gasteiger partial charge in [0.1, 0.15) is 0 Å². The van der Waals surface area contributed by atoms with E-state index in [0.29, 0.717) is 17.9 Å². The van der Waals surface area contributed by atoms with Gasteiger partial charge in [-0.1, -0.05) is 27.7 Å². The highest BCUT2D eigenvalue weighted by Crippen LogP contribution is 2.35. The second-order valence-corrected chi connectivity index (χ2v) is 7.33. The van der Waals surface area contributed by atoms with Crippen LogP contribution in [0, 0.1) is 5.92 Å². The molecule has 1 unspecified atom stereocenters. The van der Waals surface area contributed by atoms with Crippen molar-refractivity contribution in [1.29, 1.82) is 0 Å². The lowest BCUT2D eigenvalue weighted by Gasteiger charge is -2.22. The number of nitrogens with zero attached hydrogens (tertiary/aromatic N) is 1. The third-order valence-corrected chi connectivity index (χ3v) is 4.62. The molecule has 0 amide bonds. The van der Waals surface area contributed by atoms with Gasteiger partial charge in [-0.3, -0.25) is 0 Å². The maximum Gasteiger partial charge on any atom is 0.0933 e. The van der Waals surface area contributed by atoms with E-state index in [0.717, 1.165) is 13.0 Å². The topological polar surface area (TPSA) is 24.9 Å². The van der Waals surface area contributed by atoms with Crippen molar-refractivity contribution < 1.29 is 0 Å². The fourth-order valence-corrected chi connectivity index (χ4v) is 3.98. The minimum Gasteiger partial charge on any atom is -0.314 e.